The summed E-state index contributed by atoms with van der Waals surface area (Å²) in [5.74, 6) is -0.643. The smallest absolute Gasteiger partial charge is 0.266 e. The zero-order valence-electron chi connectivity index (χ0n) is 17.2. The SMILES string of the molecule is Cc1[nH]c(=O)c(C#N)c(C)c1CCC(=O)NCC(=O)Nc1ccc(-n2cccn2)cc1. The minimum atomic E-state index is -0.431. The highest BCUT2D eigenvalue weighted by atomic mass is 16.2. The van der Waals surface area contributed by atoms with Crippen molar-refractivity contribution in [1.82, 2.24) is 20.1 Å². The summed E-state index contributed by atoms with van der Waals surface area (Å²) in [7, 11) is 0. The van der Waals surface area contributed by atoms with Crippen molar-refractivity contribution in [2.75, 3.05) is 11.9 Å². The first kappa shape index (κ1) is 21.5. The van der Waals surface area contributed by atoms with Gasteiger partial charge in [0.25, 0.3) is 5.56 Å². The van der Waals surface area contributed by atoms with Gasteiger partial charge in [-0.2, -0.15) is 10.4 Å². The Morgan fingerprint density at radius 2 is 1.94 bits per heavy atom. The Balaban J connectivity index is 1.49. The Morgan fingerprint density at radius 3 is 2.58 bits per heavy atom. The van der Waals surface area contributed by atoms with Gasteiger partial charge in [0.05, 0.1) is 12.2 Å². The third-order valence-corrected chi connectivity index (χ3v) is 4.89. The number of nitrogens with zero attached hydrogens (tertiary/aromatic N) is 3. The third kappa shape index (κ3) is 5.25. The van der Waals surface area contributed by atoms with Crippen LogP contribution in [0.4, 0.5) is 5.69 Å². The van der Waals surface area contributed by atoms with Gasteiger partial charge in [-0.3, -0.25) is 14.4 Å². The number of aromatic nitrogens is 3. The van der Waals surface area contributed by atoms with E-state index in [1.807, 2.05) is 30.5 Å². The molecule has 2 amide bonds. The summed E-state index contributed by atoms with van der Waals surface area (Å²) in [4.78, 5) is 38.7. The molecular formula is C22H22N6O3. The van der Waals surface area contributed by atoms with E-state index in [1.54, 1.807) is 36.9 Å². The Morgan fingerprint density at radius 1 is 1.19 bits per heavy atom. The molecule has 3 rings (SSSR count). The van der Waals surface area contributed by atoms with Crippen LogP contribution in [-0.2, 0) is 16.0 Å². The van der Waals surface area contributed by atoms with Gasteiger partial charge in [0.1, 0.15) is 11.6 Å². The van der Waals surface area contributed by atoms with Gasteiger partial charge in [-0.15, -0.1) is 0 Å². The van der Waals surface area contributed by atoms with E-state index in [0.29, 0.717) is 23.4 Å². The Kier molecular flexibility index (Phi) is 6.62. The number of amides is 2. The maximum Gasteiger partial charge on any atom is 0.266 e. The van der Waals surface area contributed by atoms with Crippen LogP contribution in [0.15, 0.2) is 47.5 Å². The second-order valence-corrected chi connectivity index (χ2v) is 6.99. The maximum absolute atomic E-state index is 12.2. The molecule has 1 aromatic carbocycles. The highest BCUT2D eigenvalue weighted by Crippen LogP contribution is 2.15. The van der Waals surface area contributed by atoms with Gasteiger partial charge in [0, 0.05) is 30.2 Å². The Bertz CT molecular complexity index is 1190. The van der Waals surface area contributed by atoms with Crippen molar-refractivity contribution in [3.63, 3.8) is 0 Å². The molecule has 9 nitrogen and oxygen atoms in total. The van der Waals surface area contributed by atoms with E-state index in [-0.39, 0.29) is 30.3 Å². The highest BCUT2D eigenvalue weighted by Gasteiger charge is 2.14. The molecule has 0 bridgehead atoms. The van der Waals surface area contributed by atoms with Gasteiger partial charge >= 0.3 is 0 Å². The zero-order valence-corrected chi connectivity index (χ0v) is 17.2. The van der Waals surface area contributed by atoms with Crippen molar-refractivity contribution in [1.29, 1.82) is 5.26 Å². The number of anilines is 1. The molecule has 0 saturated heterocycles. The molecule has 158 valence electrons. The van der Waals surface area contributed by atoms with Gasteiger partial charge in [0.15, 0.2) is 0 Å². The molecule has 3 N–H and O–H groups in total. The van der Waals surface area contributed by atoms with Crippen molar-refractivity contribution in [3.05, 3.63) is 75.5 Å². The Labute approximate surface area is 178 Å². The zero-order chi connectivity index (χ0) is 22.4. The summed E-state index contributed by atoms with van der Waals surface area (Å²) < 4.78 is 1.71. The van der Waals surface area contributed by atoms with Gasteiger partial charge in [0.2, 0.25) is 11.8 Å². The van der Waals surface area contributed by atoms with Gasteiger partial charge in [-0.1, -0.05) is 0 Å². The Hall–Kier alpha value is -4.19. The van der Waals surface area contributed by atoms with E-state index in [4.69, 9.17) is 5.26 Å². The standard InChI is InChI=1S/C22H22N6O3/c1-14-18(15(2)26-22(31)19(14)12-23)8-9-20(29)24-13-21(30)27-16-4-6-17(7-5-16)28-11-3-10-25-28/h3-7,10-11H,8-9,13H2,1-2H3,(H,24,29)(H,26,31)(H,27,30). The molecule has 0 radical (unpaired) electrons. The number of carbonyl (C=O) groups excluding carboxylic acids is 2. The number of hydrogen-bond donors (Lipinski definition) is 3. The normalized spacial score (nSPS) is 10.4. The molecule has 0 aliphatic rings. The number of aromatic amines is 1. The first-order valence-electron chi connectivity index (χ1n) is 9.68. The molecular weight excluding hydrogens is 396 g/mol. The molecule has 0 spiro atoms. The number of benzene rings is 1. The van der Waals surface area contributed by atoms with E-state index in [2.05, 4.69) is 20.7 Å². The molecule has 31 heavy (non-hydrogen) atoms. The van der Waals surface area contributed by atoms with Crippen LogP contribution in [-0.4, -0.2) is 33.1 Å². The molecule has 0 fully saturated rings. The minimum Gasteiger partial charge on any atom is -0.347 e. The predicted molar refractivity (Wildman–Crippen MR) is 115 cm³/mol. The highest BCUT2D eigenvalue weighted by molar-refractivity contribution is 5.94. The number of H-pyrrole nitrogens is 1. The summed E-state index contributed by atoms with van der Waals surface area (Å²) in [6, 6.07) is 10.9. The number of rotatable bonds is 7. The van der Waals surface area contributed by atoms with Crippen LogP contribution in [0.3, 0.4) is 0 Å². The summed E-state index contributed by atoms with van der Waals surface area (Å²) in [6.45, 7) is 3.26. The van der Waals surface area contributed by atoms with E-state index in [0.717, 1.165) is 11.3 Å². The molecule has 0 atom stereocenters. The van der Waals surface area contributed by atoms with Crippen molar-refractivity contribution in [2.45, 2.75) is 26.7 Å². The predicted octanol–water partition coefficient (Wildman–Crippen LogP) is 1.74. The fraction of sp³-hybridized carbons (Fsp3) is 0.227. The molecule has 0 aliphatic heterocycles. The summed E-state index contributed by atoms with van der Waals surface area (Å²) in [6.07, 6.45) is 3.98. The monoisotopic (exact) mass is 418 g/mol. The van der Waals surface area contributed by atoms with E-state index < -0.39 is 5.56 Å². The van der Waals surface area contributed by atoms with Gasteiger partial charge in [-0.25, -0.2) is 4.68 Å². The second kappa shape index (κ2) is 9.54. The number of hydrogen-bond acceptors (Lipinski definition) is 5. The van der Waals surface area contributed by atoms with Gasteiger partial charge < -0.3 is 15.6 Å². The van der Waals surface area contributed by atoms with Crippen molar-refractivity contribution in [2.24, 2.45) is 0 Å². The average molecular weight is 418 g/mol. The number of pyridine rings is 1. The number of nitrogens with one attached hydrogen (secondary N) is 3. The quantitative estimate of drug-likeness (QED) is 0.537. The molecule has 0 unspecified atom stereocenters. The van der Waals surface area contributed by atoms with E-state index >= 15 is 0 Å². The second-order valence-electron chi connectivity index (χ2n) is 6.99. The molecule has 9 heteroatoms. The van der Waals surface area contributed by atoms with Crippen molar-refractivity contribution in [3.8, 4) is 11.8 Å². The first-order valence-corrected chi connectivity index (χ1v) is 9.68. The molecule has 0 aliphatic carbocycles. The van der Waals surface area contributed by atoms with Crippen LogP contribution in [0.5, 0.6) is 0 Å². The van der Waals surface area contributed by atoms with Crippen LogP contribution < -0.4 is 16.2 Å². The van der Waals surface area contributed by atoms with E-state index in [9.17, 15) is 14.4 Å². The summed E-state index contributed by atoms with van der Waals surface area (Å²) in [5.41, 5.74) is 3.06. The van der Waals surface area contributed by atoms with Crippen molar-refractivity contribution < 1.29 is 9.59 Å². The average Bonchev–Trinajstić information content (AvgIpc) is 3.27. The first-order chi connectivity index (χ1) is 14.9. The van der Waals surface area contributed by atoms with Crippen LogP contribution in [0.2, 0.25) is 0 Å². The fourth-order valence-corrected chi connectivity index (χ4v) is 3.25. The fourth-order valence-electron chi connectivity index (χ4n) is 3.25. The topological polar surface area (TPSA) is 133 Å². The minimum absolute atomic E-state index is 0.0546. The third-order valence-electron chi connectivity index (χ3n) is 4.89. The van der Waals surface area contributed by atoms with Crippen LogP contribution in [0.1, 0.15) is 28.8 Å². The largest absolute Gasteiger partial charge is 0.347 e. The maximum atomic E-state index is 12.2. The van der Waals surface area contributed by atoms with Gasteiger partial charge in [-0.05, 0) is 61.7 Å². The number of aryl methyl sites for hydroxylation is 1. The molecule has 2 heterocycles. The molecule has 3 aromatic rings. The van der Waals surface area contributed by atoms with Crippen molar-refractivity contribution >= 4 is 17.5 Å². The summed E-state index contributed by atoms with van der Waals surface area (Å²) >= 11 is 0. The van der Waals surface area contributed by atoms with Crippen LogP contribution >= 0.6 is 0 Å². The molecule has 2 aromatic heterocycles. The summed E-state index contributed by atoms with van der Waals surface area (Å²) in [5, 5.41) is 18.6. The molecule has 0 saturated carbocycles. The number of carbonyl (C=O) groups is 2. The van der Waals surface area contributed by atoms with E-state index in [1.165, 1.54) is 0 Å². The lowest BCUT2D eigenvalue weighted by Crippen LogP contribution is -2.33. The van der Waals surface area contributed by atoms with Crippen LogP contribution in [0.25, 0.3) is 5.69 Å². The lowest BCUT2D eigenvalue weighted by atomic mass is 9.99. The lowest BCUT2D eigenvalue weighted by molar-refractivity contribution is -0.124. The number of nitriles is 1. The lowest BCUT2D eigenvalue weighted by Gasteiger charge is -2.11. The van der Waals surface area contributed by atoms with Crippen LogP contribution in [0, 0.1) is 25.2 Å².